The molecule has 0 radical (unpaired) electrons. The van der Waals surface area contributed by atoms with E-state index in [1.807, 2.05) is 48.5 Å². The summed E-state index contributed by atoms with van der Waals surface area (Å²) in [5.74, 6) is 0. The number of nitrogens with zero attached hydrogens (tertiary/aromatic N) is 2. The Morgan fingerprint density at radius 3 is 2.14 bits per heavy atom. The van der Waals surface area contributed by atoms with Crippen molar-refractivity contribution in [1.29, 1.82) is 0 Å². The van der Waals surface area contributed by atoms with Gasteiger partial charge in [-0.15, -0.1) is 0 Å². The van der Waals surface area contributed by atoms with Gasteiger partial charge in [0.05, 0.1) is 17.7 Å². The molecule has 0 aliphatic carbocycles. The molecule has 3 N–H and O–H groups in total. The standard InChI is InChI=1S/C27H26N4O4/c32-22-17-25(31-16-13-24(33)30-26(31)34)35-23(22)18-29-27(19-7-3-1-4-8-19,20-9-5-2-6-10-20)21-11-14-28-15-12-21/h1-16,22-23,25,29,32H,17-18H2,(H,30,33,34). The minimum Gasteiger partial charge on any atom is -0.390 e. The Labute approximate surface area is 201 Å². The Balaban J connectivity index is 1.50. The van der Waals surface area contributed by atoms with E-state index in [9.17, 15) is 14.7 Å². The minimum atomic E-state index is -0.798. The third kappa shape index (κ3) is 4.46. The quantitative estimate of drug-likeness (QED) is 0.382. The monoisotopic (exact) mass is 470 g/mol. The molecule has 4 aromatic rings. The second-order valence-corrected chi connectivity index (χ2v) is 8.55. The third-order valence-corrected chi connectivity index (χ3v) is 6.46. The van der Waals surface area contributed by atoms with Crippen LogP contribution in [0.2, 0.25) is 0 Å². The van der Waals surface area contributed by atoms with Gasteiger partial charge in [0, 0.05) is 37.6 Å². The normalized spacial score (nSPS) is 20.1. The smallest absolute Gasteiger partial charge is 0.330 e. The number of ether oxygens (including phenoxy) is 1. The number of benzene rings is 2. The molecule has 1 aliphatic rings. The molecule has 3 atom stereocenters. The molecule has 178 valence electrons. The lowest BCUT2D eigenvalue weighted by molar-refractivity contribution is -0.0212. The first-order valence-corrected chi connectivity index (χ1v) is 11.5. The van der Waals surface area contributed by atoms with E-state index in [-0.39, 0.29) is 6.42 Å². The first-order valence-electron chi connectivity index (χ1n) is 11.5. The first-order chi connectivity index (χ1) is 17.1. The zero-order chi connectivity index (χ0) is 24.3. The number of aliphatic hydroxyl groups is 1. The summed E-state index contributed by atoms with van der Waals surface area (Å²) in [6.45, 7) is 0.307. The lowest BCUT2D eigenvalue weighted by Gasteiger charge is -2.38. The van der Waals surface area contributed by atoms with Crippen LogP contribution in [0.15, 0.2) is 107 Å². The van der Waals surface area contributed by atoms with Gasteiger partial charge in [0.2, 0.25) is 0 Å². The molecule has 0 bridgehead atoms. The van der Waals surface area contributed by atoms with Gasteiger partial charge in [-0.05, 0) is 28.8 Å². The van der Waals surface area contributed by atoms with E-state index in [1.165, 1.54) is 16.8 Å². The molecule has 3 unspecified atom stereocenters. The van der Waals surface area contributed by atoms with Crippen molar-refractivity contribution in [1.82, 2.24) is 19.9 Å². The van der Waals surface area contributed by atoms with Crippen LogP contribution in [-0.2, 0) is 10.3 Å². The first kappa shape index (κ1) is 22.9. The summed E-state index contributed by atoms with van der Waals surface area (Å²) in [7, 11) is 0. The number of aromatic nitrogens is 3. The van der Waals surface area contributed by atoms with E-state index in [0.717, 1.165) is 16.7 Å². The molecule has 1 saturated heterocycles. The lowest BCUT2D eigenvalue weighted by Crippen LogP contribution is -2.49. The Bertz CT molecular complexity index is 1280. The van der Waals surface area contributed by atoms with Crippen molar-refractivity contribution in [2.24, 2.45) is 0 Å². The SMILES string of the molecule is O=c1ccn(C2CC(O)C(CNC(c3ccccc3)(c3ccccc3)c3ccncc3)O2)c(=O)[nH]1. The van der Waals surface area contributed by atoms with E-state index >= 15 is 0 Å². The molecule has 35 heavy (non-hydrogen) atoms. The Morgan fingerprint density at radius 1 is 0.943 bits per heavy atom. The van der Waals surface area contributed by atoms with E-state index < -0.39 is 35.2 Å². The predicted octanol–water partition coefficient (Wildman–Crippen LogP) is 2.16. The molecule has 1 fully saturated rings. The predicted molar refractivity (Wildman–Crippen MR) is 131 cm³/mol. The summed E-state index contributed by atoms with van der Waals surface area (Å²) in [4.78, 5) is 30.1. The average molecular weight is 471 g/mol. The van der Waals surface area contributed by atoms with E-state index in [4.69, 9.17) is 4.74 Å². The van der Waals surface area contributed by atoms with Gasteiger partial charge in [-0.2, -0.15) is 0 Å². The Kier molecular flexibility index (Phi) is 6.41. The maximum atomic E-state index is 12.2. The molecule has 3 heterocycles. The van der Waals surface area contributed by atoms with Crippen LogP contribution in [0.5, 0.6) is 0 Å². The van der Waals surface area contributed by atoms with E-state index in [2.05, 4.69) is 39.6 Å². The van der Waals surface area contributed by atoms with Crippen molar-refractivity contribution in [3.8, 4) is 0 Å². The summed E-state index contributed by atoms with van der Waals surface area (Å²) in [6.07, 6.45) is 3.10. The van der Waals surface area contributed by atoms with Gasteiger partial charge in [-0.3, -0.25) is 24.6 Å². The lowest BCUT2D eigenvalue weighted by atomic mass is 9.77. The van der Waals surface area contributed by atoms with Gasteiger partial charge in [-0.25, -0.2) is 4.79 Å². The van der Waals surface area contributed by atoms with Gasteiger partial charge in [-0.1, -0.05) is 60.7 Å². The highest BCUT2D eigenvalue weighted by Gasteiger charge is 2.40. The molecular formula is C27H26N4O4. The highest BCUT2D eigenvalue weighted by molar-refractivity contribution is 5.49. The van der Waals surface area contributed by atoms with Crippen LogP contribution < -0.4 is 16.6 Å². The van der Waals surface area contributed by atoms with Crippen LogP contribution in [0.25, 0.3) is 0 Å². The number of nitrogens with one attached hydrogen (secondary N) is 2. The molecule has 0 amide bonds. The van der Waals surface area contributed by atoms with Crippen LogP contribution >= 0.6 is 0 Å². The molecule has 5 rings (SSSR count). The van der Waals surface area contributed by atoms with Crippen molar-refractivity contribution in [2.45, 2.75) is 30.4 Å². The largest absolute Gasteiger partial charge is 0.390 e. The fraction of sp³-hybridized carbons (Fsp3) is 0.222. The maximum Gasteiger partial charge on any atom is 0.330 e. The number of aromatic amines is 1. The average Bonchev–Trinajstić information content (AvgIpc) is 3.26. The van der Waals surface area contributed by atoms with Gasteiger partial charge in [0.15, 0.2) is 0 Å². The number of H-pyrrole nitrogens is 1. The van der Waals surface area contributed by atoms with Crippen LogP contribution in [0, 0.1) is 0 Å². The number of hydrogen-bond donors (Lipinski definition) is 3. The molecule has 0 saturated carbocycles. The number of aliphatic hydroxyl groups excluding tert-OH is 1. The molecule has 2 aromatic carbocycles. The van der Waals surface area contributed by atoms with Gasteiger partial charge in [0.25, 0.3) is 5.56 Å². The van der Waals surface area contributed by atoms with Crippen molar-refractivity contribution < 1.29 is 9.84 Å². The molecular weight excluding hydrogens is 444 g/mol. The molecule has 1 aliphatic heterocycles. The van der Waals surface area contributed by atoms with Crippen LogP contribution in [-0.4, -0.2) is 38.4 Å². The zero-order valence-corrected chi connectivity index (χ0v) is 19.0. The second-order valence-electron chi connectivity index (χ2n) is 8.55. The Morgan fingerprint density at radius 2 is 1.54 bits per heavy atom. The van der Waals surface area contributed by atoms with Gasteiger partial charge in [0.1, 0.15) is 6.23 Å². The van der Waals surface area contributed by atoms with Gasteiger partial charge >= 0.3 is 5.69 Å². The van der Waals surface area contributed by atoms with Crippen LogP contribution in [0.3, 0.4) is 0 Å². The summed E-state index contributed by atoms with van der Waals surface area (Å²) in [5, 5.41) is 14.5. The number of rotatable bonds is 7. The van der Waals surface area contributed by atoms with Crippen LogP contribution in [0.4, 0.5) is 0 Å². The topological polar surface area (TPSA) is 109 Å². The third-order valence-electron chi connectivity index (χ3n) is 6.46. The van der Waals surface area contributed by atoms with Crippen LogP contribution in [0.1, 0.15) is 29.3 Å². The fourth-order valence-corrected chi connectivity index (χ4v) is 4.76. The molecule has 0 spiro atoms. The summed E-state index contributed by atoms with van der Waals surface area (Å²) in [5.41, 5.74) is 1.27. The molecule has 8 nitrogen and oxygen atoms in total. The number of hydrogen-bond acceptors (Lipinski definition) is 6. The summed E-state index contributed by atoms with van der Waals surface area (Å²) in [6, 6.07) is 25.4. The molecule has 8 heteroatoms. The number of pyridine rings is 1. The van der Waals surface area contributed by atoms with Crippen molar-refractivity contribution in [3.63, 3.8) is 0 Å². The Hall–Kier alpha value is -3.85. The highest BCUT2D eigenvalue weighted by atomic mass is 16.5. The highest BCUT2D eigenvalue weighted by Crippen LogP contribution is 2.37. The second kappa shape index (κ2) is 9.79. The van der Waals surface area contributed by atoms with Crippen molar-refractivity contribution in [3.05, 3.63) is 135 Å². The summed E-state index contributed by atoms with van der Waals surface area (Å²) >= 11 is 0. The minimum absolute atomic E-state index is 0.233. The van der Waals surface area contributed by atoms with Crippen molar-refractivity contribution in [2.75, 3.05) is 6.54 Å². The molecule has 2 aromatic heterocycles. The maximum absolute atomic E-state index is 12.2. The summed E-state index contributed by atoms with van der Waals surface area (Å²) < 4.78 is 7.40. The zero-order valence-electron chi connectivity index (χ0n) is 19.0. The van der Waals surface area contributed by atoms with E-state index in [1.54, 1.807) is 12.4 Å². The van der Waals surface area contributed by atoms with E-state index in [0.29, 0.717) is 6.54 Å². The van der Waals surface area contributed by atoms with Crippen molar-refractivity contribution >= 4 is 0 Å². The van der Waals surface area contributed by atoms with Gasteiger partial charge < -0.3 is 9.84 Å². The fourth-order valence-electron chi connectivity index (χ4n) is 4.76.